The Morgan fingerprint density at radius 3 is 2.88 bits per heavy atom. The molecule has 94 valence electrons. The maximum absolute atomic E-state index is 11.4. The lowest BCUT2D eigenvalue weighted by Crippen LogP contribution is -2.26. The molecule has 1 heterocycles. The van der Waals surface area contributed by atoms with Gasteiger partial charge in [0.05, 0.1) is 25.5 Å². The number of aromatic nitrogens is 2. The number of hydrogen-bond acceptors (Lipinski definition) is 5. The van der Waals surface area contributed by atoms with Crippen molar-refractivity contribution in [3.8, 4) is 0 Å². The summed E-state index contributed by atoms with van der Waals surface area (Å²) in [6.45, 7) is 3.64. The summed E-state index contributed by atoms with van der Waals surface area (Å²) in [7, 11) is 0. The number of esters is 1. The predicted molar refractivity (Wildman–Crippen MR) is 59.3 cm³/mol. The second kappa shape index (κ2) is 6.00. The number of aliphatic hydroxyl groups excluding tert-OH is 1. The highest BCUT2D eigenvalue weighted by Gasteiger charge is 2.17. The van der Waals surface area contributed by atoms with E-state index < -0.39 is 11.9 Å². The topological polar surface area (TPSA) is 93.5 Å². The van der Waals surface area contributed by atoms with Gasteiger partial charge in [-0.25, -0.2) is 9.48 Å². The van der Waals surface area contributed by atoms with Gasteiger partial charge in [0.25, 0.3) is 0 Å². The van der Waals surface area contributed by atoms with Gasteiger partial charge in [-0.3, -0.25) is 4.79 Å². The van der Waals surface area contributed by atoms with E-state index in [1.807, 2.05) is 0 Å². The van der Waals surface area contributed by atoms with Gasteiger partial charge >= 0.3 is 11.9 Å². The monoisotopic (exact) mass is 241 g/mol. The number of carbonyl (C=O) groups excluding carboxylic acids is 2. The third-order valence-electron chi connectivity index (χ3n) is 1.92. The minimum Gasteiger partial charge on any atom is -0.459 e. The van der Waals surface area contributed by atoms with E-state index >= 15 is 0 Å². The summed E-state index contributed by atoms with van der Waals surface area (Å²) in [6, 6.07) is 1.60. The standard InChI is InChI=1S/C10H15N3O4/c1-3-17-10(16)9(15)11-8-6-7(2)12-13(8)4-5-14/h6,14H,3-5H2,1-2H3,(H,11,15). The van der Waals surface area contributed by atoms with Crippen LogP contribution in [0, 0.1) is 6.92 Å². The van der Waals surface area contributed by atoms with Gasteiger partial charge in [0.15, 0.2) is 0 Å². The average molecular weight is 241 g/mol. The van der Waals surface area contributed by atoms with Crippen LogP contribution in [-0.4, -0.2) is 40.0 Å². The number of amides is 1. The number of aliphatic hydroxyl groups is 1. The fourth-order valence-electron chi connectivity index (χ4n) is 1.28. The second-order valence-corrected chi connectivity index (χ2v) is 3.29. The summed E-state index contributed by atoms with van der Waals surface area (Å²) in [6.07, 6.45) is 0. The number of nitrogens with zero attached hydrogens (tertiary/aromatic N) is 2. The molecule has 0 saturated carbocycles. The van der Waals surface area contributed by atoms with E-state index in [-0.39, 0.29) is 19.8 Å². The van der Waals surface area contributed by atoms with Gasteiger partial charge in [-0.05, 0) is 13.8 Å². The second-order valence-electron chi connectivity index (χ2n) is 3.29. The number of hydrogen-bond donors (Lipinski definition) is 2. The Hall–Kier alpha value is -1.89. The summed E-state index contributed by atoms with van der Waals surface area (Å²) in [5.74, 6) is -1.44. The highest BCUT2D eigenvalue weighted by molar-refractivity contribution is 6.37. The Morgan fingerprint density at radius 2 is 2.29 bits per heavy atom. The average Bonchev–Trinajstić information content (AvgIpc) is 2.60. The molecule has 0 saturated heterocycles. The van der Waals surface area contributed by atoms with Gasteiger partial charge in [0.2, 0.25) is 0 Å². The number of anilines is 1. The van der Waals surface area contributed by atoms with Crippen LogP contribution in [0.15, 0.2) is 6.07 Å². The van der Waals surface area contributed by atoms with Gasteiger partial charge in [-0.2, -0.15) is 5.10 Å². The molecule has 0 aliphatic rings. The molecule has 0 aliphatic heterocycles. The third-order valence-corrected chi connectivity index (χ3v) is 1.92. The first-order valence-electron chi connectivity index (χ1n) is 5.22. The van der Waals surface area contributed by atoms with E-state index in [1.54, 1.807) is 19.9 Å². The molecule has 7 nitrogen and oxygen atoms in total. The van der Waals surface area contributed by atoms with Crippen molar-refractivity contribution >= 4 is 17.7 Å². The van der Waals surface area contributed by atoms with Crippen molar-refractivity contribution in [1.82, 2.24) is 9.78 Å². The fourth-order valence-corrected chi connectivity index (χ4v) is 1.28. The van der Waals surface area contributed by atoms with Gasteiger partial charge < -0.3 is 15.2 Å². The van der Waals surface area contributed by atoms with Gasteiger partial charge in [0.1, 0.15) is 5.82 Å². The molecule has 7 heteroatoms. The Bertz CT molecular complexity index is 414. The summed E-state index contributed by atoms with van der Waals surface area (Å²) < 4.78 is 5.96. The summed E-state index contributed by atoms with van der Waals surface area (Å²) in [4.78, 5) is 22.5. The number of rotatable bonds is 4. The normalized spacial score (nSPS) is 10.1. The van der Waals surface area contributed by atoms with E-state index in [4.69, 9.17) is 5.11 Å². The van der Waals surface area contributed by atoms with Crippen molar-refractivity contribution in [2.45, 2.75) is 20.4 Å². The van der Waals surface area contributed by atoms with E-state index in [2.05, 4.69) is 15.2 Å². The van der Waals surface area contributed by atoms with E-state index in [1.165, 1.54) is 4.68 Å². The number of carbonyl (C=O) groups is 2. The van der Waals surface area contributed by atoms with Crippen LogP contribution in [0.5, 0.6) is 0 Å². The van der Waals surface area contributed by atoms with E-state index in [0.29, 0.717) is 11.5 Å². The minimum atomic E-state index is -0.943. The van der Waals surface area contributed by atoms with Crippen molar-refractivity contribution in [3.05, 3.63) is 11.8 Å². The molecule has 1 amide bonds. The van der Waals surface area contributed by atoms with Crippen LogP contribution < -0.4 is 5.32 Å². The Morgan fingerprint density at radius 1 is 1.59 bits per heavy atom. The maximum Gasteiger partial charge on any atom is 0.397 e. The molecule has 1 aromatic rings. The maximum atomic E-state index is 11.4. The van der Waals surface area contributed by atoms with Crippen molar-refractivity contribution in [1.29, 1.82) is 0 Å². The van der Waals surface area contributed by atoms with Crippen LogP contribution in [-0.2, 0) is 20.9 Å². The smallest absolute Gasteiger partial charge is 0.397 e. The first-order valence-corrected chi connectivity index (χ1v) is 5.22. The van der Waals surface area contributed by atoms with Crippen molar-refractivity contribution < 1.29 is 19.4 Å². The molecule has 0 spiro atoms. The quantitative estimate of drug-likeness (QED) is 0.557. The Labute approximate surface area is 98.4 Å². The van der Waals surface area contributed by atoms with Crippen LogP contribution in [0.2, 0.25) is 0 Å². The molecule has 0 aromatic carbocycles. The van der Waals surface area contributed by atoms with Crippen LogP contribution in [0.4, 0.5) is 5.82 Å². The summed E-state index contributed by atoms with van der Waals surface area (Å²) in [5.41, 5.74) is 0.678. The van der Waals surface area contributed by atoms with Crippen LogP contribution in [0.25, 0.3) is 0 Å². The molecule has 0 atom stereocenters. The zero-order valence-electron chi connectivity index (χ0n) is 9.77. The van der Waals surface area contributed by atoms with E-state index in [0.717, 1.165) is 0 Å². The molecule has 0 unspecified atom stereocenters. The highest BCUT2D eigenvalue weighted by atomic mass is 16.5. The fraction of sp³-hybridized carbons (Fsp3) is 0.500. The first kappa shape index (κ1) is 13.2. The molecule has 2 N–H and O–H groups in total. The van der Waals surface area contributed by atoms with Crippen LogP contribution in [0.3, 0.4) is 0 Å². The molecule has 0 bridgehead atoms. The zero-order valence-corrected chi connectivity index (χ0v) is 9.77. The molecular weight excluding hydrogens is 226 g/mol. The molecule has 0 fully saturated rings. The minimum absolute atomic E-state index is 0.108. The van der Waals surface area contributed by atoms with Crippen molar-refractivity contribution in [3.63, 3.8) is 0 Å². The molecule has 1 aromatic heterocycles. The van der Waals surface area contributed by atoms with Crippen LogP contribution in [0.1, 0.15) is 12.6 Å². The van der Waals surface area contributed by atoms with Crippen molar-refractivity contribution in [2.75, 3.05) is 18.5 Å². The van der Waals surface area contributed by atoms with E-state index in [9.17, 15) is 9.59 Å². The number of ether oxygens (including phenoxy) is 1. The molecule has 0 radical (unpaired) electrons. The summed E-state index contributed by atoms with van der Waals surface area (Å²) >= 11 is 0. The SMILES string of the molecule is CCOC(=O)C(=O)Nc1cc(C)nn1CCO. The Kier molecular flexibility index (Phi) is 4.65. The lowest BCUT2D eigenvalue weighted by Gasteiger charge is -2.06. The van der Waals surface area contributed by atoms with Gasteiger partial charge in [-0.1, -0.05) is 0 Å². The largest absolute Gasteiger partial charge is 0.459 e. The first-order chi connectivity index (χ1) is 8.08. The van der Waals surface area contributed by atoms with Gasteiger partial charge in [0, 0.05) is 6.07 Å². The predicted octanol–water partition coefficient (Wildman–Crippen LogP) is -0.315. The lowest BCUT2D eigenvalue weighted by atomic mass is 10.4. The summed E-state index contributed by atoms with van der Waals surface area (Å²) in [5, 5.41) is 15.2. The number of aryl methyl sites for hydroxylation is 1. The van der Waals surface area contributed by atoms with Crippen LogP contribution >= 0.6 is 0 Å². The molecule has 0 aliphatic carbocycles. The lowest BCUT2D eigenvalue weighted by molar-refractivity contribution is -0.152. The molecular formula is C10H15N3O4. The van der Waals surface area contributed by atoms with Gasteiger partial charge in [-0.15, -0.1) is 0 Å². The third kappa shape index (κ3) is 3.56. The molecule has 17 heavy (non-hydrogen) atoms. The Balaban J connectivity index is 2.73. The highest BCUT2D eigenvalue weighted by Crippen LogP contribution is 2.09. The number of nitrogens with one attached hydrogen (secondary N) is 1. The van der Waals surface area contributed by atoms with Crippen molar-refractivity contribution in [2.24, 2.45) is 0 Å². The zero-order chi connectivity index (χ0) is 12.8. The molecule has 1 rings (SSSR count).